The maximum atomic E-state index is 10.7. The van der Waals surface area contributed by atoms with Gasteiger partial charge in [0.15, 0.2) is 0 Å². The second-order valence-corrected chi connectivity index (χ2v) is 4.31. The Balaban J connectivity index is 0. The third-order valence-electron chi connectivity index (χ3n) is 1.31. The Kier molecular flexibility index (Phi) is 11.9. The molecule has 0 aromatic carbocycles. The number of carbonyl (C=O) groups is 1. The van der Waals surface area contributed by atoms with Gasteiger partial charge in [-0.05, 0) is 6.92 Å². The van der Waals surface area contributed by atoms with E-state index < -0.39 is 27.9 Å². The second-order valence-electron chi connectivity index (χ2n) is 2.79. The van der Waals surface area contributed by atoms with Gasteiger partial charge in [-0.3, -0.25) is 0 Å². The summed E-state index contributed by atoms with van der Waals surface area (Å²) in [6.07, 6.45) is 0.503. The van der Waals surface area contributed by atoms with Gasteiger partial charge in [-0.15, -0.1) is 0 Å². The van der Waals surface area contributed by atoms with Gasteiger partial charge < -0.3 is 14.0 Å². The number of hydrogen-bond acceptors (Lipinski definition) is 6. The molecular formula is C8H13O6RbS. The van der Waals surface area contributed by atoms with Crippen molar-refractivity contribution < 1.29 is 85.4 Å². The molecule has 0 aliphatic heterocycles. The topological polar surface area (TPSA) is 92.7 Å². The molecule has 0 aromatic rings. The van der Waals surface area contributed by atoms with Gasteiger partial charge in [0.25, 0.3) is 0 Å². The second kappa shape index (κ2) is 9.87. The van der Waals surface area contributed by atoms with E-state index in [0.717, 1.165) is 6.08 Å². The molecule has 6 nitrogen and oxygen atoms in total. The zero-order valence-corrected chi connectivity index (χ0v) is 15.1. The van der Waals surface area contributed by atoms with E-state index in [1.165, 1.54) is 0 Å². The average Bonchev–Trinajstić information content (AvgIpc) is 2.11. The quantitative estimate of drug-likeness (QED) is 0.211. The van der Waals surface area contributed by atoms with Crippen LogP contribution in [0.3, 0.4) is 0 Å². The number of ether oxygens (including phenoxy) is 2. The van der Waals surface area contributed by atoms with Crippen molar-refractivity contribution in [3.63, 3.8) is 0 Å². The summed E-state index contributed by atoms with van der Waals surface area (Å²) in [5.74, 6) is -1.17. The maximum Gasteiger partial charge on any atom is 1.00 e. The molecule has 0 bridgehead atoms. The van der Waals surface area contributed by atoms with Crippen LogP contribution in [0.4, 0.5) is 0 Å². The van der Waals surface area contributed by atoms with E-state index in [0.29, 0.717) is 0 Å². The number of carbonyl (C=O) groups excluding carboxylic acids is 1. The summed E-state index contributed by atoms with van der Waals surface area (Å²) in [6, 6.07) is 0. The zero-order valence-electron chi connectivity index (χ0n) is 9.34. The van der Waals surface area contributed by atoms with Gasteiger partial charge in [-0.25, -0.2) is 13.2 Å². The van der Waals surface area contributed by atoms with Gasteiger partial charge in [0.05, 0.1) is 29.1 Å². The predicted molar refractivity (Wildman–Crippen MR) is 51.1 cm³/mol. The van der Waals surface area contributed by atoms with Gasteiger partial charge in [-0.1, -0.05) is 6.58 Å². The van der Waals surface area contributed by atoms with Crippen molar-refractivity contribution in [3.05, 3.63) is 12.7 Å². The van der Waals surface area contributed by atoms with Gasteiger partial charge in [0.1, 0.15) is 6.10 Å². The number of rotatable bonds is 7. The first-order valence-corrected chi connectivity index (χ1v) is 5.77. The molecule has 0 aromatic heterocycles. The minimum atomic E-state index is -4.25. The fourth-order valence-electron chi connectivity index (χ4n) is 0.691. The largest absolute Gasteiger partial charge is 1.00 e. The molecule has 0 amide bonds. The zero-order chi connectivity index (χ0) is 11.9. The smallest absolute Gasteiger partial charge is 0.748 e. The fourth-order valence-corrected chi connectivity index (χ4v) is 1.01. The van der Waals surface area contributed by atoms with Crippen LogP contribution in [0.2, 0.25) is 0 Å². The normalized spacial score (nSPS) is 12.4. The third-order valence-corrected chi connectivity index (χ3v) is 1.98. The molecule has 1 unspecified atom stereocenters. The molecule has 88 valence electrons. The first-order chi connectivity index (χ1) is 6.85. The average molecular weight is 323 g/mol. The summed E-state index contributed by atoms with van der Waals surface area (Å²) in [6.45, 7) is 4.61. The summed E-state index contributed by atoms with van der Waals surface area (Å²) in [5, 5.41) is 0. The Labute approximate surface area is 144 Å². The molecular weight excluding hydrogens is 310 g/mol. The maximum absolute atomic E-state index is 10.7. The molecule has 0 radical (unpaired) electrons. The van der Waals surface area contributed by atoms with Gasteiger partial charge in [0, 0.05) is 6.08 Å². The van der Waals surface area contributed by atoms with Crippen molar-refractivity contribution in [1.29, 1.82) is 0 Å². The minimum Gasteiger partial charge on any atom is -0.748 e. The van der Waals surface area contributed by atoms with E-state index in [1.807, 2.05) is 0 Å². The molecule has 0 spiro atoms. The van der Waals surface area contributed by atoms with Gasteiger partial charge in [0.2, 0.25) is 0 Å². The van der Waals surface area contributed by atoms with Crippen molar-refractivity contribution in [1.82, 2.24) is 0 Å². The van der Waals surface area contributed by atoms with Crippen molar-refractivity contribution >= 4 is 16.1 Å². The van der Waals surface area contributed by atoms with Crippen LogP contribution in [0.5, 0.6) is 0 Å². The van der Waals surface area contributed by atoms with E-state index in [4.69, 9.17) is 9.47 Å². The summed E-state index contributed by atoms with van der Waals surface area (Å²) >= 11 is 0. The van der Waals surface area contributed by atoms with Crippen molar-refractivity contribution in [3.8, 4) is 0 Å². The van der Waals surface area contributed by atoms with Crippen LogP contribution in [-0.4, -0.2) is 44.0 Å². The number of hydrogen-bond donors (Lipinski definition) is 0. The molecule has 0 aliphatic rings. The van der Waals surface area contributed by atoms with Crippen molar-refractivity contribution in [2.24, 2.45) is 0 Å². The van der Waals surface area contributed by atoms with Gasteiger partial charge >= 0.3 is 64.2 Å². The predicted octanol–water partition coefficient (Wildman–Crippen LogP) is -3.33. The third kappa shape index (κ3) is 13.0. The Bertz CT molecular complexity index is 312. The Morgan fingerprint density at radius 1 is 1.56 bits per heavy atom. The van der Waals surface area contributed by atoms with E-state index >= 15 is 0 Å². The van der Waals surface area contributed by atoms with Crippen LogP contribution in [0.15, 0.2) is 12.7 Å². The molecule has 0 saturated heterocycles. The molecule has 0 fully saturated rings. The summed E-state index contributed by atoms with van der Waals surface area (Å²) in [4.78, 5) is 10.7. The van der Waals surface area contributed by atoms with Crippen molar-refractivity contribution in [2.45, 2.75) is 13.0 Å². The van der Waals surface area contributed by atoms with Crippen LogP contribution in [0.1, 0.15) is 6.92 Å². The Morgan fingerprint density at radius 3 is 2.56 bits per heavy atom. The van der Waals surface area contributed by atoms with Crippen LogP contribution >= 0.6 is 0 Å². The van der Waals surface area contributed by atoms with Crippen LogP contribution in [-0.2, 0) is 24.4 Å². The minimum absolute atomic E-state index is 0. The van der Waals surface area contributed by atoms with Gasteiger partial charge in [-0.2, -0.15) is 0 Å². The van der Waals surface area contributed by atoms with Crippen LogP contribution < -0.4 is 58.2 Å². The Morgan fingerprint density at radius 2 is 2.12 bits per heavy atom. The molecule has 0 aliphatic carbocycles. The standard InChI is InChI=1S/C8H14O6S.Rb/c1-3-8(9)14-7(2)6-13-4-5-15(10,11)12;/h3,7H,1,4-6H2,2H3,(H,10,11,12);/q;+1/p-1. The molecule has 8 heteroatoms. The number of esters is 1. The molecule has 0 N–H and O–H groups in total. The molecule has 0 heterocycles. The van der Waals surface area contributed by atoms with E-state index in [1.54, 1.807) is 6.92 Å². The van der Waals surface area contributed by atoms with E-state index in [2.05, 4.69) is 6.58 Å². The molecule has 1 atom stereocenters. The van der Waals surface area contributed by atoms with Crippen LogP contribution in [0.25, 0.3) is 0 Å². The molecule has 0 saturated carbocycles. The van der Waals surface area contributed by atoms with E-state index in [9.17, 15) is 17.8 Å². The summed E-state index contributed by atoms with van der Waals surface area (Å²) in [5.41, 5.74) is 0. The summed E-state index contributed by atoms with van der Waals surface area (Å²) < 4.78 is 40.0. The SMILES string of the molecule is C=CC(=O)OC(C)COCCS(=O)(=O)[O-].[Rb+]. The summed E-state index contributed by atoms with van der Waals surface area (Å²) in [7, 11) is -4.25. The van der Waals surface area contributed by atoms with Crippen molar-refractivity contribution in [2.75, 3.05) is 19.0 Å². The van der Waals surface area contributed by atoms with Crippen LogP contribution in [0, 0.1) is 0 Å². The Hall–Kier alpha value is 0.885. The first kappa shape index (κ1) is 19.2. The fraction of sp³-hybridized carbons (Fsp3) is 0.625. The van der Waals surface area contributed by atoms with E-state index in [-0.39, 0.29) is 71.4 Å². The molecule has 16 heavy (non-hydrogen) atoms. The molecule has 0 rings (SSSR count). The monoisotopic (exact) mass is 322 g/mol. The first-order valence-electron chi connectivity index (χ1n) is 4.19.